The molecule has 0 unspecified atom stereocenters. The van der Waals surface area contributed by atoms with Gasteiger partial charge in [0, 0.05) is 22.3 Å². The highest BCUT2D eigenvalue weighted by Crippen LogP contribution is 2.24. The number of rotatable bonds is 1. The molecule has 0 saturated heterocycles. The first-order chi connectivity index (χ1) is 6.68. The van der Waals surface area contributed by atoms with E-state index < -0.39 is 5.97 Å². The van der Waals surface area contributed by atoms with Gasteiger partial charge in [-0.25, -0.2) is 4.79 Å². The number of pyridine rings is 1. The molecule has 2 aromatic rings. The number of fused-ring (bicyclic) bond motifs is 1. The van der Waals surface area contributed by atoms with E-state index in [4.69, 9.17) is 5.11 Å². The van der Waals surface area contributed by atoms with E-state index in [1.54, 1.807) is 30.6 Å². The van der Waals surface area contributed by atoms with E-state index in [0.29, 0.717) is 0 Å². The van der Waals surface area contributed by atoms with Crippen molar-refractivity contribution in [2.45, 2.75) is 0 Å². The van der Waals surface area contributed by atoms with Gasteiger partial charge >= 0.3 is 5.97 Å². The maximum atomic E-state index is 10.8. The van der Waals surface area contributed by atoms with Crippen LogP contribution in [0.4, 0.5) is 0 Å². The zero-order valence-electron chi connectivity index (χ0n) is 7.07. The molecule has 0 aliphatic heterocycles. The molecule has 4 heteroatoms. The minimum absolute atomic E-state index is 0.274. The molecule has 0 spiro atoms. The minimum atomic E-state index is -0.926. The monoisotopic (exact) mass is 251 g/mol. The zero-order valence-corrected chi connectivity index (χ0v) is 8.65. The number of nitrogens with zero attached hydrogens (tertiary/aromatic N) is 1. The molecule has 0 aliphatic carbocycles. The Hall–Kier alpha value is -1.42. The van der Waals surface area contributed by atoms with Crippen molar-refractivity contribution in [1.29, 1.82) is 0 Å². The first kappa shape index (κ1) is 9.15. The van der Waals surface area contributed by atoms with E-state index >= 15 is 0 Å². The van der Waals surface area contributed by atoms with Crippen LogP contribution in [0.3, 0.4) is 0 Å². The maximum Gasteiger partial charge on any atom is 0.335 e. The van der Waals surface area contributed by atoms with Gasteiger partial charge in [0.05, 0.1) is 5.56 Å². The lowest BCUT2D eigenvalue weighted by atomic mass is 10.1. The minimum Gasteiger partial charge on any atom is -0.478 e. The van der Waals surface area contributed by atoms with Crippen LogP contribution >= 0.6 is 15.9 Å². The van der Waals surface area contributed by atoms with Gasteiger partial charge in [-0.3, -0.25) is 4.98 Å². The van der Waals surface area contributed by atoms with Crippen molar-refractivity contribution >= 4 is 32.7 Å². The second kappa shape index (κ2) is 3.38. The van der Waals surface area contributed by atoms with Gasteiger partial charge in [-0.1, -0.05) is 15.9 Å². The predicted octanol–water partition coefficient (Wildman–Crippen LogP) is 2.70. The summed E-state index contributed by atoms with van der Waals surface area (Å²) in [6.45, 7) is 0. The zero-order chi connectivity index (χ0) is 10.1. The Bertz CT molecular complexity index is 510. The lowest BCUT2D eigenvalue weighted by Crippen LogP contribution is -1.96. The summed E-state index contributed by atoms with van der Waals surface area (Å²) in [6.07, 6.45) is 3.34. The molecule has 0 atom stereocenters. The van der Waals surface area contributed by atoms with Crippen LogP contribution in [-0.2, 0) is 0 Å². The molecule has 0 aliphatic rings. The van der Waals surface area contributed by atoms with Crippen LogP contribution in [0.2, 0.25) is 0 Å². The quantitative estimate of drug-likeness (QED) is 0.848. The van der Waals surface area contributed by atoms with Gasteiger partial charge in [0.1, 0.15) is 0 Å². The van der Waals surface area contributed by atoms with E-state index in [2.05, 4.69) is 20.9 Å². The van der Waals surface area contributed by atoms with Crippen LogP contribution in [-0.4, -0.2) is 16.1 Å². The van der Waals surface area contributed by atoms with Crippen molar-refractivity contribution in [3.8, 4) is 0 Å². The summed E-state index contributed by atoms with van der Waals surface area (Å²) in [5, 5.41) is 10.6. The Morgan fingerprint density at radius 2 is 2.21 bits per heavy atom. The number of carbonyl (C=O) groups is 1. The SMILES string of the molecule is O=C(O)c1cc(Br)c2cnccc2c1. The topological polar surface area (TPSA) is 50.2 Å². The van der Waals surface area contributed by atoms with E-state index in [9.17, 15) is 4.79 Å². The van der Waals surface area contributed by atoms with Crippen molar-refractivity contribution in [2.75, 3.05) is 0 Å². The van der Waals surface area contributed by atoms with Gasteiger partial charge < -0.3 is 5.11 Å². The molecule has 1 N–H and O–H groups in total. The molecule has 1 heterocycles. The molecular formula is C10H6BrNO2. The van der Waals surface area contributed by atoms with Crippen LogP contribution in [0.1, 0.15) is 10.4 Å². The number of aromatic nitrogens is 1. The van der Waals surface area contributed by atoms with Crippen molar-refractivity contribution in [2.24, 2.45) is 0 Å². The summed E-state index contributed by atoms with van der Waals surface area (Å²) in [5.41, 5.74) is 0.274. The second-order valence-electron chi connectivity index (χ2n) is 2.86. The average molecular weight is 252 g/mol. The summed E-state index contributed by atoms with van der Waals surface area (Å²) in [4.78, 5) is 14.7. The van der Waals surface area contributed by atoms with Crippen LogP contribution in [0.5, 0.6) is 0 Å². The average Bonchev–Trinajstić information content (AvgIpc) is 2.17. The second-order valence-corrected chi connectivity index (χ2v) is 3.71. The molecule has 1 aromatic carbocycles. The van der Waals surface area contributed by atoms with Crippen LogP contribution in [0.15, 0.2) is 35.1 Å². The molecule has 0 saturated carbocycles. The number of benzene rings is 1. The van der Waals surface area contributed by atoms with E-state index in [0.717, 1.165) is 15.2 Å². The predicted molar refractivity (Wildman–Crippen MR) is 56.4 cm³/mol. The smallest absolute Gasteiger partial charge is 0.335 e. The largest absolute Gasteiger partial charge is 0.478 e. The Morgan fingerprint density at radius 3 is 2.93 bits per heavy atom. The van der Waals surface area contributed by atoms with Gasteiger partial charge in [0.2, 0.25) is 0 Å². The third kappa shape index (κ3) is 1.48. The lowest BCUT2D eigenvalue weighted by Gasteiger charge is -2.01. The highest BCUT2D eigenvalue weighted by Gasteiger charge is 2.06. The third-order valence-electron chi connectivity index (χ3n) is 1.95. The fraction of sp³-hybridized carbons (Fsp3) is 0. The summed E-state index contributed by atoms with van der Waals surface area (Å²) in [6, 6.07) is 4.99. The first-order valence-electron chi connectivity index (χ1n) is 3.95. The summed E-state index contributed by atoms with van der Waals surface area (Å²) in [7, 11) is 0. The van der Waals surface area contributed by atoms with Crippen LogP contribution in [0.25, 0.3) is 10.8 Å². The number of carboxylic acid groups (broad SMARTS) is 1. The van der Waals surface area contributed by atoms with Crippen LogP contribution < -0.4 is 0 Å². The molecular weight excluding hydrogens is 246 g/mol. The molecule has 14 heavy (non-hydrogen) atoms. The van der Waals surface area contributed by atoms with Crippen molar-refractivity contribution in [3.63, 3.8) is 0 Å². The third-order valence-corrected chi connectivity index (χ3v) is 2.61. The summed E-state index contributed by atoms with van der Waals surface area (Å²) in [5.74, 6) is -0.926. The fourth-order valence-corrected chi connectivity index (χ4v) is 1.86. The number of carboxylic acids is 1. The van der Waals surface area contributed by atoms with Crippen molar-refractivity contribution in [1.82, 2.24) is 4.98 Å². The fourth-order valence-electron chi connectivity index (χ4n) is 1.28. The van der Waals surface area contributed by atoms with Gasteiger partial charge in [0.25, 0.3) is 0 Å². The lowest BCUT2D eigenvalue weighted by molar-refractivity contribution is 0.0697. The van der Waals surface area contributed by atoms with E-state index in [-0.39, 0.29) is 5.56 Å². The normalized spacial score (nSPS) is 10.4. The highest BCUT2D eigenvalue weighted by molar-refractivity contribution is 9.10. The molecule has 3 nitrogen and oxygen atoms in total. The Balaban J connectivity index is 2.78. The molecule has 1 aromatic heterocycles. The van der Waals surface area contributed by atoms with E-state index in [1.807, 2.05) is 0 Å². The number of halogens is 1. The number of hydrogen-bond donors (Lipinski definition) is 1. The Labute approximate surface area is 88.5 Å². The molecule has 0 amide bonds. The molecule has 70 valence electrons. The van der Waals surface area contributed by atoms with Gasteiger partial charge in [-0.05, 0) is 23.6 Å². The van der Waals surface area contributed by atoms with E-state index in [1.165, 1.54) is 0 Å². The van der Waals surface area contributed by atoms with Gasteiger partial charge in [-0.15, -0.1) is 0 Å². The highest BCUT2D eigenvalue weighted by atomic mass is 79.9. The van der Waals surface area contributed by atoms with Gasteiger partial charge in [-0.2, -0.15) is 0 Å². The van der Waals surface area contributed by atoms with Crippen molar-refractivity contribution in [3.05, 3.63) is 40.6 Å². The van der Waals surface area contributed by atoms with Crippen LogP contribution in [0, 0.1) is 0 Å². The Kier molecular flexibility index (Phi) is 2.21. The molecule has 0 fully saturated rings. The summed E-state index contributed by atoms with van der Waals surface area (Å²) < 4.78 is 0.750. The Morgan fingerprint density at radius 1 is 1.43 bits per heavy atom. The maximum absolute atomic E-state index is 10.8. The molecule has 0 bridgehead atoms. The first-order valence-corrected chi connectivity index (χ1v) is 4.74. The molecule has 0 radical (unpaired) electrons. The number of hydrogen-bond acceptors (Lipinski definition) is 2. The number of aromatic carboxylic acids is 1. The van der Waals surface area contributed by atoms with Gasteiger partial charge in [0.15, 0.2) is 0 Å². The van der Waals surface area contributed by atoms with Crippen molar-refractivity contribution < 1.29 is 9.90 Å². The standard InChI is InChI=1S/C10H6BrNO2/c11-9-4-7(10(13)14)3-6-1-2-12-5-8(6)9/h1-5H,(H,13,14). The molecule has 2 rings (SSSR count). The summed E-state index contributed by atoms with van der Waals surface area (Å²) >= 11 is 3.31.